The normalized spacial score (nSPS) is 12.2. The van der Waals surface area contributed by atoms with Crippen molar-refractivity contribution in [3.05, 3.63) is 63.6 Å². The highest BCUT2D eigenvalue weighted by molar-refractivity contribution is 6.35. The van der Waals surface area contributed by atoms with Crippen LogP contribution in [0, 0.1) is 5.92 Å². The van der Waals surface area contributed by atoms with E-state index in [2.05, 4.69) is 48.7 Å². The Labute approximate surface area is 159 Å². The van der Waals surface area contributed by atoms with E-state index in [-0.39, 0.29) is 18.5 Å². The standard InChI is InChI=1S/C20H24Cl2N2O/c1-13(2)10-15-4-6-16(7-5-15)14(3)23-12-20(25)24-19-11-17(21)8-9-18(19)22/h4-9,11,13-14,23H,10,12H2,1-3H3,(H,24,25)/t14-/m1/s1. The highest BCUT2D eigenvalue weighted by Crippen LogP contribution is 2.25. The average molecular weight is 379 g/mol. The van der Waals surface area contributed by atoms with E-state index in [1.165, 1.54) is 5.56 Å². The Balaban J connectivity index is 1.87. The minimum atomic E-state index is -0.160. The molecule has 0 aromatic heterocycles. The Bertz CT molecular complexity index is 714. The van der Waals surface area contributed by atoms with Crippen molar-refractivity contribution in [1.29, 1.82) is 0 Å². The van der Waals surface area contributed by atoms with Crippen LogP contribution in [0.5, 0.6) is 0 Å². The SMILES string of the molecule is CC(C)Cc1ccc([C@@H](C)NCC(=O)Nc2cc(Cl)ccc2Cl)cc1. The topological polar surface area (TPSA) is 41.1 Å². The van der Waals surface area contributed by atoms with Crippen molar-refractivity contribution in [3.63, 3.8) is 0 Å². The molecule has 1 atom stereocenters. The number of hydrogen-bond donors (Lipinski definition) is 2. The predicted molar refractivity (Wildman–Crippen MR) is 106 cm³/mol. The first-order valence-corrected chi connectivity index (χ1v) is 9.18. The molecule has 0 saturated carbocycles. The van der Waals surface area contributed by atoms with Gasteiger partial charge in [0.25, 0.3) is 0 Å². The Hall–Kier alpha value is -1.55. The van der Waals surface area contributed by atoms with Crippen LogP contribution >= 0.6 is 23.2 Å². The minimum Gasteiger partial charge on any atom is -0.324 e. The number of anilines is 1. The summed E-state index contributed by atoms with van der Waals surface area (Å²) in [4.78, 5) is 12.1. The molecule has 1 amide bonds. The van der Waals surface area contributed by atoms with Gasteiger partial charge in [-0.25, -0.2) is 0 Å². The lowest BCUT2D eigenvalue weighted by atomic mass is 10.00. The lowest BCUT2D eigenvalue weighted by Crippen LogP contribution is -2.30. The molecule has 5 heteroatoms. The van der Waals surface area contributed by atoms with Gasteiger partial charge in [-0.05, 0) is 48.6 Å². The van der Waals surface area contributed by atoms with E-state index in [0.717, 1.165) is 12.0 Å². The van der Waals surface area contributed by atoms with Crippen molar-refractivity contribution in [1.82, 2.24) is 5.32 Å². The quantitative estimate of drug-likeness (QED) is 0.669. The number of nitrogens with one attached hydrogen (secondary N) is 2. The van der Waals surface area contributed by atoms with E-state index in [1.807, 2.05) is 6.92 Å². The van der Waals surface area contributed by atoms with Gasteiger partial charge < -0.3 is 10.6 Å². The van der Waals surface area contributed by atoms with Gasteiger partial charge >= 0.3 is 0 Å². The van der Waals surface area contributed by atoms with Crippen molar-refractivity contribution in [2.75, 3.05) is 11.9 Å². The van der Waals surface area contributed by atoms with Gasteiger partial charge in [0.05, 0.1) is 17.3 Å². The predicted octanol–water partition coefficient (Wildman–Crippen LogP) is 5.48. The van der Waals surface area contributed by atoms with Crippen LogP contribution in [0.4, 0.5) is 5.69 Å². The number of amides is 1. The van der Waals surface area contributed by atoms with Crippen LogP contribution in [0.1, 0.15) is 37.9 Å². The summed E-state index contributed by atoms with van der Waals surface area (Å²) in [6.07, 6.45) is 1.07. The van der Waals surface area contributed by atoms with Gasteiger partial charge in [0.2, 0.25) is 5.91 Å². The fraction of sp³-hybridized carbons (Fsp3) is 0.350. The highest BCUT2D eigenvalue weighted by atomic mass is 35.5. The second-order valence-electron chi connectivity index (χ2n) is 6.61. The van der Waals surface area contributed by atoms with E-state index >= 15 is 0 Å². The molecule has 0 spiro atoms. The van der Waals surface area contributed by atoms with E-state index < -0.39 is 0 Å². The zero-order valence-corrected chi connectivity index (χ0v) is 16.3. The summed E-state index contributed by atoms with van der Waals surface area (Å²) >= 11 is 12.0. The van der Waals surface area contributed by atoms with E-state index in [9.17, 15) is 4.79 Å². The lowest BCUT2D eigenvalue weighted by molar-refractivity contribution is -0.115. The summed E-state index contributed by atoms with van der Waals surface area (Å²) in [6, 6.07) is 13.6. The maximum absolute atomic E-state index is 12.1. The number of rotatable bonds is 7. The molecule has 0 heterocycles. The molecule has 25 heavy (non-hydrogen) atoms. The Kier molecular flexibility index (Phi) is 7.30. The second-order valence-corrected chi connectivity index (χ2v) is 7.46. The number of hydrogen-bond acceptors (Lipinski definition) is 2. The summed E-state index contributed by atoms with van der Waals surface area (Å²) in [5, 5.41) is 6.99. The molecule has 0 unspecified atom stereocenters. The molecule has 0 fully saturated rings. The van der Waals surface area contributed by atoms with Crippen molar-refractivity contribution < 1.29 is 4.79 Å². The highest BCUT2D eigenvalue weighted by Gasteiger charge is 2.10. The third-order valence-corrected chi connectivity index (χ3v) is 4.46. The number of carbonyl (C=O) groups excluding carboxylic acids is 1. The third-order valence-electron chi connectivity index (χ3n) is 3.89. The molecule has 0 aliphatic carbocycles. The fourth-order valence-electron chi connectivity index (χ4n) is 2.57. The van der Waals surface area contributed by atoms with Gasteiger partial charge in [-0.3, -0.25) is 4.79 Å². The first kappa shape index (κ1) is 19.8. The number of benzene rings is 2. The molecule has 134 valence electrons. The van der Waals surface area contributed by atoms with Gasteiger partial charge in [-0.2, -0.15) is 0 Å². The van der Waals surface area contributed by atoms with Gasteiger partial charge in [-0.1, -0.05) is 61.3 Å². The van der Waals surface area contributed by atoms with Crippen LogP contribution in [0.25, 0.3) is 0 Å². The first-order valence-electron chi connectivity index (χ1n) is 8.42. The van der Waals surface area contributed by atoms with Crippen molar-refractivity contribution in [3.8, 4) is 0 Å². The van der Waals surface area contributed by atoms with Crippen LogP contribution in [0.3, 0.4) is 0 Å². The fourth-order valence-corrected chi connectivity index (χ4v) is 2.90. The summed E-state index contributed by atoms with van der Waals surface area (Å²) < 4.78 is 0. The van der Waals surface area contributed by atoms with Crippen LogP contribution in [0.15, 0.2) is 42.5 Å². The Morgan fingerprint density at radius 2 is 1.72 bits per heavy atom. The summed E-state index contributed by atoms with van der Waals surface area (Å²) in [5.74, 6) is 0.482. The largest absolute Gasteiger partial charge is 0.324 e. The van der Waals surface area contributed by atoms with Gasteiger partial charge in [0, 0.05) is 11.1 Å². The van der Waals surface area contributed by atoms with Crippen molar-refractivity contribution in [2.45, 2.75) is 33.2 Å². The molecule has 0 radical (unpaired) electrons. The van der Waals surface area contributed by atoms with E-state index in [0.29, 0.717) is 21.7 Å². The average Bonchev–Trinajstić information content (AvgIpc) is 2.56. The van der Waals surface area contributed by atoms with Gasteiger partial charge in [0.15, 0.2) is 0 Å². The van der Waals surface area contributed by atoms with Crippen LogP contribution in [-0.2, 0) is 11.2 Å². The minimum absolute atomic E-state index is 0.0775. The van der Waals surface area contributed by atoms with Crippen LogP contribution in [0.2, 0.25) is 10.0 Å². The molecule has 0 bridgehead atoms. The van der Waals surface area contributed by atoms with Gasteiger partial charge in [-0.15, -0.1) is 0 Å². The first-order chi connectivity index (χ1) is 11.8. The maximum Gasteiger partial charge on any atom is 0.238 e. The molecule has 2 N–H and O–H groups in total. The van der Waals surface area contributed by atoms with Crippen molar-refractivity contribution >= 4 is 34.8 Å². The molecular weight excluding hydrogens is 355 g/mol. The molecule has 2 aromatic carbocycles. The van der Waals surface area contributed by atoms with Crippen LogP contribution in [-0.4, -0.2) is 12.5 Å². The lowest BCUT2D eigenvalue weighted by Gasteiger charge is -2.15. The summed E-state index contributed by atoms with van der Waals surface area (Å²) in [6.45, 7) is 6.65. The molecule has 0 aliphatic heterocycles. The van der Waals surface area contributed by atoms with E-state index in [4.69, 9.17) is 23.2 Å². The molecule has 0 saturated heterocycles. The molecular formula is C20H24Cl2N2O. The number of carbonyl (C=O) groups is 1. The Morgan fingerprint density at radius 3 is 2.36 bits per heavy atom. The van der Waals surface area contributed by atoms with E-state index in [1.54, 1.807) is 18.2 Å². The second kappa shape index (κ2) is 9.23. The maximum atomic E-state index is 12.1. The molecule has 2 rings (SSSR count). The molecule has 0 aliphatic rings. The Morgan fingerprint density at radius 1 is 1.04 bits per heavy atom. The smallest absolute Gasteiger partial charge is 0.238 e. The molecule has 3 nitrogen and oxygen atoms in total. The van der Waals surface area contributed by atoms with Crippen LogP contribution < -0.4 is 10.6 Å². The molecule has 2 aromatic rings. The zero-order chi connectivity index (χ0) is 18.4. The number of halogens is 2. The van der Waals surface area contributed by atoms with Crippen molar-refractivity contribution in [2.24, 2.45) is 5.92 Å². The third kappa shape index (κ3) is 6.35. The van der Waals surface area contributed by atoms with Gasteiger partial charge in [0.1, 0.15) is 0 Å². The monoisotopic (exact) mass is 378 g/mol. The summed E-state index contributed by atoms with van der Waals surface area (Å²) in [7, 11) is 0. The zero-order valence-electron chi connectivity index (χ0n) is 14.8. The summed E-state index contributed by atoms with van der Waals surface area (Å²) in [5.41, 5.74) is 3.01.